The fourth-order valence-electron chi connectivity index (χ4n) is 3.24. The van der Waals surface area contributed by atoms with E-state index >= 15 is 0 Å². The zero-order valence-electron chi connectivity index (χ0n) is 18.6. The first-order valence-corrected chi connectivity index (χ1v) is 10.8. The number of ether oxygens (including phenoxy) is 1. The Morgan fingerprint density at radius 1 is 1.14 bits per heavy atom. The molecule has 1 aromatic heterocycles. The SMILES string of the molecule is CC(=O)N(NCc1cccc(F)c1Cl)[C@@H](CNC([O])=O)COC(=O)Nc1cc2ccccc2cn1. The Morgan fingerprint density at radius 2 is 1.89 bits per heavy atom. The lowest BCUT2D eigenvalue weighted by atomic mass is 10.2. The van der Waals surface area contributed by atoms with Gasteiger partial charge in [-0.3, -0.25) is 15.1 Å². The number of hydrazine groups is 1. The fourth-order valence-corrected chi connectivity index (χ4v) is 3.44. The van der Waals surface area contributed by atoms with Gasteiger partial charge >= 0.3 is 12.2 Å². The molecule has 183 valence electrons. The van der Waals surface area contributed by atoms with E-state index in [4.69, 9.17) is 16.3 Å². The molecule has 0 aliphatic carbocycles. The van der Waals surface area contributed by atoms with E-state index in [1.165, 1.54) is 19.1 Å². The summed E-state index contributed by atoms with van der Waals surface area (Å²) in [6, 6.07) is 12.4. The molecule has 3 amide bonds. The van der Waals surface area contributed by atoms with Crippen molar-refractivity contribution in [2.75, 3.05) is 18.5 Å². The van der Waals surface area contributed by atoms with Gasteiger partial charge in [0.2, 0.25) is 5.91 Å². The van der Waals surface area contributed by atoms with Crippen LogP contribution in [0, 0.1) is 5.82 Å². The summed E-state index contributed by atoms with van der Waals surface area (Å²) >= 11 is 5.95. The third-order valence-corrected chi connectivity index (χ3v) is 5.35. The third-order valence-electron chi connectivity index (χ3n) is 4.93. The molecule has 1 atom stereocenters. The first kappa shape index (κ1) is 25.7. The first-order chi connectivity index (χ1) is 16.7. The number of aromatic nitrogens is 1. The summed E-state index contributed by atoms with van der Waals surface area (Å²) in [5.41, 5.74) is 3.14. The van der Waals surface area contributed by atoms with E-state index in [1.807, 2.05) is 24.3 Å². The monoisotopic (exact) mass is 502 g/mol. The number of carbonyl (C=O) groups is 3. The van der Waals surface area contributed by atoms with Crippen LogP contribution < -0.4 is 16.1 Å². The molecule has 0 aliphatic heterocycles. The van der Waals surface area contributed by atoms with Crippen LogP contribution in [0.3, 0.4) is 0 Å². The lowest BCUT2D eigenvalue weighted by Crippen LogP contribution is -2.54. The van der Waals surface area contributed by atoms with Gasteiger partial charge in [-0.1, -0.05) is 48.0 Å². The van der Waals surface area contributed by atoms with Gasteiger partial charge in [-0.05, 0) is 23.1 Å². The Labute approximate surface area is 205 Å². The van der Waals surface area contributed by atoms with Crippen LogP contribution in [0.5, 0.6) is 0 Å². The molecule has 2 aromatic carbocycles. The van der Waals surface area contributed by atoms with Crippen molar-refractivity contribution in [3.63, 3.8) is 0 Å². The van der Waals surface area contributed by atoms with Crippen LogP contribution in [0.1, 0.15) is 12.5 Å². The van der Waals surface area contributed by atoms with E-state index in [-0.39, 0.29) is 30.5 Å². The molecular formula is C23H22ClFN5O5. The van der Waals surface area contributed by atoms with Crippen molar-refractivity contribution in [1.82, 2.24) is 20.7 Å². The predicted octanol–water partition coefficient (Wildman–Crippen LogP) is 3.64. The highest BCUT2D eigenvalue weighted by atomic mass is 35.5. The summed E-state index contributed by atoms with van der Waals surface area (Å²) in [5.74, 6) is -0.888. The molecule has 35 heavy (non-hydrogen) atoms. The average Bonchev–Trinajstić information content (AvgIpc) is 2.82. The maximum Gasteiger partial charge on any atom is 0.450 e. The van der Waals surface area contributed by atoms with Crippen molar-refractivity contribution in [3.05, 3.63) is 71.1 Å². The van der Waals surface area contributed by atoms with Crippen LogP contribution in [0.2, 0.25) is 5.02 Å². The minimum Gasteiger partial charge on any atom is -0.447 e. The van der Waals surface area contributed by atoms with Gasteiger partial charge in [-0.25, -0.2) is 29.5 Å². The number of benzene rings is 2. The first-order valence-electron chi connectivity index (χ1n) is 10.4. The second kappa shape index (κ2) is 12.0. The van der Waals surface area contributed by atoms with Gasteiger partial charge in [0.05, 0.1) is 11.1 Å². The molecule has 1 radical (unpaired) electrons. The number of halogens is 2. The number of amides is 3. The number of rotatable bonds is 9. The normalized spacial score (nSPS) is 11.5. The number of hydrogen-bond donors (Lipinski definition) is 3. The topological polar surface area (TPSA) is 133 Å². The zero-order valence-corrected chi connectivity index (χ0v) is 19.3. The van der Waals surface area contributed by atoms with Crippen LogP contribution in [0.4, 0.5) is 19.8 Å². The maximum absolute atomic E-state index is 13.7. The van der Waals surface area contributed by atoms with Crippen molar-refractivity contribution in [3.8, 4) is 0 Å². The van der Waals surface area contributed by atoms with Gasteiger partial charge in [0.15, 0.2) is 0 Å². The van der Waals surface area contributed by atoms with Gasteiger partial charge in [0.25, 0.3) is 0 Å². The number of fused-ring (bicyclic) bond motifs is 1. The Hall–Kier alpha value is -3.96. The minimum absolute atomic E-state index is 0.0504. The number of anilines is 1. The second-order valence-electron chi connectivity index (χ2n) is 7.40. The minimum atomic E-state index is -1.57. The van der Waals surface area contributed by atoms with Crippen molar-refractivity contribution in [2.24, 2.45) is 0 Å². The molecule has 0 saturated heterocycles. The molecule has 3 rings (SSSR count). The van der Waals surface area contributed by atoms with Crippen molar-refractivity contribution < 1.29 is 28.6 Å². The Balaban J connectivity index is 1.66. The van der Waals surface area contributed by atoms with E-state index in [0.717, 1.165) is 15.8 Å². The molecule has 3 aromatic rings. The summed E-state index contributed by atoms with van der Waals surface area (Å²) in [5, 5.41) is 18.2. The van der Waals surface area contributed by atoms with Crippen LogP contribution >= 0.6 is 11.6 Å². The summed E-state index contributed by atoms with van der Waals surface area (Å²) in [7, 11) is 0. The van der Waals surface area contributed by atoms with Crippen molar-refractivity contribution in [2.45, 2.75) is 19.5 Å². The predicted molar refractivity (Wildman–Crippen MR) is 125 cm³/mol. The van der Waals surface area contributed by atoms with Gasteiger partial charge in [-0.15, -0.1) is 0 Å². The van der Waals surface area contributed by atoms with Crippen molar-refractivity contribution in [1.29, 1.82) is 0 Å². The Morgan fingerprint density at radius 3 is 2.60 bits per heavy atom. The molecule has 3 N–H and O–H groups in total. The van der Waals surface area contributed by atoms with E-state index in [1.54, 1.807) is 18.3 Å². The Bertz CT molecular complexity index is 1230. The van der Waals surface area contributed by atoms with E-state index in [9.17, 15) is 23.9 Å². The molecular weight excluding hydrogens is 481 g/mol. The lowest BCUT2D eigenvalue weighted by Gasteiger charge is -2.31. The van der Waals surface area contributed by atoms with E-state index in [0.29, 0.717) is 5.56 Å². The number of pyridine rings is 1. The van der Waals surface area contributed by atoms with Crippen LogP contribution in [0.25, 0.3) is 10.8 Å². The largest absolute Gasteiger partial charge is 0.450 e. The highest BCUT2D eigenvalue weighted by Gasteiger charge is 2.24. The number of carbonyl (C=O) groups excluding carboxylic acids is 3. The van der Waals surface area contributed by atoms with Gasteiger partial charge in [0, 0.05) is 31.6 Å². The fraction of sp³-hybridized carbons (Fsp3) is 0.217. The molecule has 0 saturated carbocycles. The molecule has 0 bridgehead atoms. The molecule has 12 heteroatoms. The molecule has 1 heterocycles. The quantitative estimate of drug-likeness (QED) is 0.383. The lowest BCUT2D eigenvalue weighted by molar-refractivity contribution is -0.136. The standard InChI is InChI=1S/C23H22ClFN5O5/c1-14(31)30(28-11-17-7-4-8-19(25)21(17)24)18(12-27-22(32)33)13-35-23(34)29-20-9-15-5-2-3-6-16(15)10-26-20/h2-10,18,27-28H,11-13H2,1H3,(H,26,29,34)/t18-/m0/s1. The van der Waals surface area contributed by atoms with Crippen LogP contribution in [0.15, 0.2) is 54.7 Å². The Kier molecular flexibility index (Phi) is 8.76. The number of nitrogens with zero attached hydrogens (tertiary/aromatic N) is 2. The average molecular weight is 503 g/mol. The second-order valence-corrected chi connectivity index (χ2v) is 7.78. The van der Waals surface area contributed by atoms with Gasteiger partial charge in [0.1, 0.15) is 18.2 Å². The summed E-state index contributed by atoms with van der Waals surface area (Å²) in [6.07, 6.45) is -0.837. The molecule has 0 spiro atoms. The highest BCUT2D eigenvalue weighted by molar-refractivity contribution is 6.31. The van der Waals surface area contributed by atoms with Crippen LogP contribution in [-0.4, -0.2) is 47.3 Å². The smallest absolute Gasteiger partial charge is 0.447 e. The van der Waals surface area contributed by atoms with E-state index in [2.05, 4.69) is 21.0 Å². The summed E-state index contributed by atoms with van der Waals surface area (Å²) in [6.45, 7) is 0.479. The van der Waals surface area contributed by atoms with Gasteiger partial charge < -0.3 is 10.1 Å². The zero-order chi connectivity index (χ0) is 25.4. The molecule has 0 fully saturated rings. The van der Waals surface area contributed by atoms with E-state index < -0.39 is 30.0 Å². The number of hydrogen-bond acceptors (Lipinski definition) is 6. The number of nitrogens with one attached hydrogen (secondary N) is 3. The molecule has 0 unspecified atom stereocenters. The third kappa shape index (κ3) is 7.26. The molecule has 10 nitrogen and oxygen atoms in total. The maximum atomic E-state index is 13.7. The molecule has 0 aliphatic rings. The van der Waals surface area contributed by atoms with Gasteiger partial charge in [-0.2, -0.15) is 0 Å². The summed E-state index contributed by atoms with van der Waals surface area (Å²) in [4.78, 5) is 39.7. The summed E-state index contributed by atoms with van der Waals surface area (Å²) < 4.78 is 18.9. The van der Waals surface area contributed by atoms with Crippen molar-refractivity contribution >= 4 is 46.3 Å². The van der Waals surface area contributed by atoms with Crippen LogP contribution in [-0.2, 0) is 21.2 Å². The highest BCUT2D eigenvalue weighted by Crippen LogP contribution is 2.20.